The zero-order valence-electron chi connectivity index (χ0n) is 10.2. The lowest BCUT2D eigenvalue weighted by molar-refractivity contribution is 0.0131. The Morgan fingerprint density at radius 2 is 2.00 bits per heavy atom. The van der Waals surface area contributed by atoms with Crippen LogP contribution in [-0.4, -0.2) is 58.0 Å². The summed E-state index contributed by atoms with van der Waals surface area (Å²) >= 11 is 0. The average molecular weight is 242 g/mol. The number of nitrogen functional groups attached to an aromatic ring is 1. The molecular weight excluding hydrogens is 224 g/mol. The molecule has 0 aliphatic rings. The maximum absolute atomic E-state index is 9.61. The van der Waals surface area contributed by atoms with Crippen LogP contribution in [0.5, 0.6) is 0 Å². The zero-order chi connectivity index (χ0) is 13.1. The Morgan fingerprint density at radius 1 is 1.35 bits per heavy atom. The van der Waals surface area contributed by atoms with Gasteiger partial charge < -0.3 is 26.2 Å². The molecular formula is C9H18N6O2. The number of hydrogen-bond donors (Lipinski definition) is 4. The van der Waals surface area contributed by atoms with Gasteiger partial charge in [0.25, 0.3) is 0 Å². The second kappa shape index (κ2) is 5.11. The van der Waals surface area contributed by atoms with E-state index in [0.717, 1.165) is 0 Å². The van der Waals surface area contributed by atoms with Gasteiger partial charge in [0, 0.05) is 20.6 Å². The number of nitrogens with one attached hydrogen (secondary N) is 1. The van der Waals surface area contributed by atoms with E-state index in [1.807, 2.05) is 0 Å². The Morgan fingerprint density at radius 3 is 2.53 bits per heavy atom. The minimum absolute atomic E-state index is 0.0924. The standard InChI is InChI=1S/C9H18N6O2/c1-9(17,5-16)4-11-7-12-6(10)13-8(14-7)15(2)3/h16-17H,4-5H2,1-3H3,(H3,10,11,12,13,14). The fourth-order valence-electron chi connectivity index (χ4n) is 0.985. The second-order valence-corrected chi connectivity index (χ2v) is 4.22. The van der Waals surface area contributed by atoms with E-state index in [9.17, 15) is 5.11 Å². The van der Waals surface area contributed by atoms with Gasteiger partial charge in [-0.05, 0) is 6.92 Å². The van der Waals surface area contributed by atoms with E-state index in [1.165, 1.54) is 6.92 Å². The monoisotopic (exact) mass is 242 g/mol. The van der Waals surface area contributed by atoms with E-state index in [4.69, 9.17) is 10.8 Å². The SMILES string of the molecule is CN(C)c1nc(N)nc(NCC(C)(O)CO)n1. The van der Waals surface area contributed by atoms with Crippen molar-refractivity contribution in [3.8, 4) is 0 Å². The molecule has 0 saturated heterocycles. The lowest BCUT2D eigenvalue weighted by Gasteiger charge is -2.21. The van der Waals surface area contributed by atoms with Crippen molar-refractivity contribution in [1.29, 1.82) is 0 Å². The van der Waals surface area contributed by atoms with Crippen molar-refractivity contribution >= 4 is 17.8 Å². The molecule has 0 aromatic carbocycles. The number of nitrogens with zero attached hydrogens (tertiary/aromatic N) is 4. The first kappa shape index (κ1) is 13.4. The van der Waals surface area contributed by atoms with Gasteiger partial charge in [-0.1, -0.05) is 0 Å². The van der Waals surface area contributed by atoms with Crippen LogP contribution in [0, 0.1) is 0 Å². The van der Waals surface area contributed by atoms with Crippen LogP contribution in [0.15, 0.2) is 0 Å². The number of hydrogen-bond acceptors (Lipinski definition) is 8. The van der Waals surface area contributed by atoms with Crippen LogP contribution in [0.2, 0.25) is 0 Å². The maximum Gasteiger partial charge on any atom is 0.231 e. The van der Waals surface area contributed by atoms with Crippen molar-refractivity contribution in [3.63, 3.8) is 0 Å². The smallest absolute Gasteiger partial charge is 0.231 e. The predicted molar refractivity (Wildman–Crippen MR) is 64.8 cm³/mol. The molecule has 8 nitrogen and oxygen atoms in total. The molecule has 0 radical (unpaired) electrons. The fourth-order valence-corrected chi connectivity index (χ4v) is 0.985. The molecule has 0 saturated carbocycles. The molecule has 0 fully saturated rings. The topological polar surface area (TPSA) is 120 Å². The van der Waals surface area contributed by atoms with Crippen LogP contribution in [0.4, 0.5) is 17.8 Å². The van der Waals surface area contributed by atoms with Crippen molar-refractivity contribution in [2.24, 2.45) is 0 Å². The molecule has 1 aromatic rings. The minimum atomic E-state index is -1.24. The Hall–Kier alpha value is -1.67. The molecule has 0 bridgehead atoms. The largest absolute Gasteiger partial charge is 0.393 e. The van der Waals surface area contributed by atoms with E-state index in [0.29, 0.717) is 5.95 Å². The highest BCUT2D eigenvalue weighted by atomic mass is 16.3. The quantitative estimate of drug-likeness (QED) is 0.501. The summed E-state index contributed by atoms with van der Waals surface area (Å²) in [7, 11) is 3.56. The van der Waals surface area contributed by atoms with Crippen LogP contribution in [-0.2, 0) is 0 Å². The molecule has 17 heavy (non-hydrogen) atoms. The summed E-state index contributed by atoms with van der Waals surface area (Å²) in [5.41, 5.74) is 4.29. The molecule has 1 aromatic heterocycles. The second-order valence-electron chi connectivity index (χ2n) is 4.22. The zero-order valence-corrected chi connectivity index (χ0v) is 10.2. The van der Waals surface area contributed by atoms with Crippen molar-refractivity contribution in [3.05, 3.63) is 0 Å². The first-order chi connectivity index (χ1) is 7.84. The summed E-state index contributed by atoms with van der Waals surface area (Å²) in [4.78, 5) is 13.6. The first-order valence-corrected chi connectivity index (χ1v) is 5.10. The lowest BCUT2D eigenvalue weighted by Crippen LogP contribution is -2.37. The van der Waals surface area contributed by atoms with Crippen molar-refractivity contribution in [1.82, 2.24) is 15.0 Å². The van der Waals surface area contributed by atoms with Gasteiger partial charge in [-0.2, -0.15) is 15.0 Å². The minimum Gasteiger partial charge on any atom is -0.393 e. The lowest BCUT2D eigenvalue weighted by atomic mass is 10.1. The third-order valence-electron chi connectivity index (χ3n) is 2.01. The van der Waals surface area contributed by atoms with Gasteiger partial charge in [0.15, 0.2) is 0 Å². The Bertz CT molecular complexity index is 382. The average Bonchev–Trinajstić information content (AvgIpc) is 2.26. The van der Waals surface area contributed by atoms with Crippen LogP contribution in [0.25, 0.3) is 0 Å². The van der Waals surface area contributed by atoms with Crippen molar-refractivity contribution in [2.75, 3.05) is 43.2 Å². The number of anilines is 3. The first-order valence-electron chi connectivity index (χ1n) is 5.10. The van der Waals surface area contributed by atoms with Gasteiger partial charge in [-0.15, -0.1) is 0 Å². The van der Waals surface area contributed by atoms with E-state index in [-0.39, 0.29) is 25.0 Å². The van der Waals surface area contributed by atoms with Crippen molar-refractivity contribution in [2.45, 2.75) is 12.5 Å². The molecule has 1 atom stereocenters. The molecule has 0 spiro atoms. The van der Waals surface area contributed by atoms with E-state index < -0.39 is 5.60 Å². The highest BCUT2D eigenvalue weighted by molar-refractivity contribution is 5.40. The Labute approximate surface area is 99.5 Å². The molecule has 0 amide bonds. The molecule has 96 valence electrons. The normalized spacial score (nSPS) is 14.2. The number of aliphatic hydroxyl groups is 2. The van der Waals surface area contributed by atoms with E-state index in [1.54, 1.807) is 19.0 Å². The summed E-state index contributed by atoms with van der Waals surface area (Å²) in [5.74, 6) is 0.772. The van der Waals surface area contributed by atoms with Crippen LogP contribution in [0.3, 0.4) is 0 Å². The molecule has 1 heterocycles. The van der Waals surface area contributed by atoms with E-state index >= 15 is 0 Å². The van der Waals surface area contributed by atoms with E-state index in [2.05, 4.69) is 20.3 Å². The van der Waals surface area contributed by atoms with Gasteiger partial charge in [0.2, 0.25) is 17.8 Å². The van der Waals surface area contributed by atoms with Crippen LogP contribution >= 0.6 is 0 Å². The number of aromatic nitrogens is 3. The Balaban J connectivity index is 2.78. The van der Waals surface area contributed by atoms with Crippen molar-refractivity contribution < 1.29 is 10.2 Å². The molecule has 0 aliphatic heterocycles. The van der Waals surface area contributed by atoms with Gasteiger partial charge in [0.1, 0.15) is 5.60 Å². The number of rotatable bonds is 5. The van der Waals surface area contributed by atoms with Gasteiger partial charge in [0.05, 0.1) is 6.61 Å². The summed E-state index contributed by atoms with van der Waals surface area (Å²) in [5, 5.41) is 21.3. The van der Waals surface area contributed by atoms with Gasteiger partial charge in [-0.3, -0.25) is 0 Å². The fraction of sp³-hybridized carbons (Fsp3) is 0.667. The van der Waals surface area contributed by atoms with Crippen LogP contribution < -0.4 is 16.0 Å². The third-order valence-corrected chi connectivity index (χ3v) is 2.01. The summed E-state index contributed by atoms with van der Waals surface area (Å²) in [6, 6.07) is 0. The van der Waals surface area contributed by atoms with Crippen LogP contribution in [0.1, 0.15) is 6.92 Å². The molecule has 1 rings (SSSR count). The predicted octanol–water partition coefficient (Wildman–Crippen LogP) is -1.32. The molecule has 0 aliphatic carbocycles. The summed E-state index contributed by atoms with van der Waals surface area (Å²) in [6.45, 7) is 1.25. The Kier molecular flexibility index (Phi) is 4.02. The van der Waals surface area contributed by atoms with Gasteiger partial charge in [-0.25, -0.2) is 0 Å². The summed E-state index contributed by atoms with van der Waals surface area (Å²) < 4.78 is 0. The summed E-state index contributed by atoms with van der Waals surface area (Å²) in [6.07, 6.45) is 0. The number of nitrogens with two attached hydrogens (primary N) is 1. The maximum atomic E-state index is 9.61. The molecule has 5 N–H and O–H groups in total. The molecule has 1 unspecified atom stereocenters. The molecule has 8 heteroatoms. The third kappa shape index (κ3) is 4.00. The number of aliphatic hydroxyl groups excluding tert-OH is 1. The highest BCUT2D eigenvalue weighted by Crippen LogP contribution is 2.10. The van der Waals surface area contributed by atoms with Gasteiger partial charge >= 0.3 is 0 Å². The highest BCUT2D eigenvalue weighted by Gasteiger charge is 2.19.